The van der Waals surface area contributed by atoms with Crippen molar-refractivity contribution in [3.63, 3.8) is 0 Å². The summed E-state index contributed by atoms with van der Waals surface area (Å²) in [6.45, 7) is 4.75. The Hall–Kier alpha value is -2.44. The fourth-order valence-corrected chi connectivity index (χ4v) is 3.59. The third kappa shape index (κ3) is 7.61. The minimum Gasteiger partial charge on any atom is -0.394 e. The number of rotatable bonds is 11. The van der Waals surface area contributed by atoms with Gasteiger partial charge in [0.05, 0.1) is 25.5 Å². The molecule has 0 radical (unpaired) electrons. The minimum absolute atomic E-state index is 0.0704. The molecule has 12 heteroatoms. The number of halogens is 2. The Morgan fingerprint density at radius 3 is 2.12 bits per heavy atom. The van der Waals surface area contributed by atoms with Crippen LogP contribution in [-0.4, -0.2) is 52.5 Å². The molecule has 0 saturated carbocycles. The summed E-state index contributed by atoms with van der Waals surface area (Å²) in [6, 6.07) is 1.92. The minimum atomic E-state index is -3.67. The van der Waals surface area contributed by atoms with E-state index in [9.17, 15) is 22.3 Å². The van der Waals surface area contributed by atoms with E-state index >= 15 is 0 Å². The van der Waals surface area contributed by atoms with Gasteiger partial charge in [-0.3, -0.25) is 4.72 Å². The van der Waals surface area contributed by atoms with Gasteiger partial charge in [-0.05, 0) is 36.0 Å². The van der Waals surface area contributed by atoms with Crippen molar-refractivity contribution >= 4 is 21.9 Å². The average molecular weight is 474 g/mol. The van der Waals surface area contributed by atoms with Gasteiger partial charge >= 0.3 is 0 Å². The molecule has 0 saturated heterocycles. The van der Waals surface area contributed by atoms with Gasteiger partial charge in [0.15, 0.2) is 0 Å². The fraction of sp³-hybridized carbons (Fsp3) is 0.550. The second-order valence-corrected chi connectivity index (χ2v) is 9.90. The van der Waals surface area contributed by atoms with Gasteiger partial charge in [0.1, 0.15) is 17.5 Å². The Labute approximate surface area is 186 Å². The smallest absolute Gasteiger partial charge is 0.241 e. The first kappa shape index (κ1) is 25.8. The third-order valence-corrected chi connectivity index (χ3v) is 5.20. The number of hydrogen-bond acceptors (Lipinski definition) is 8. The van der Waals surface area contributed by atoms with Crippen molar-refractivity contribution in [1.82, 2.24) is 15.0 Å². The van der Waals surface area contributed by atoms with Crippen LogP contribution < -0.4 is 10.0 Å². The molecule has 1 aromatic heterocycles. The lowest BCUT2D eigenvalue weighted by atomic mass is 9.96. The van der Waals surface area contributed by atoms with Crippen LogP contribution in [0.4, 0.5) is 20.7 Å². The van der Waals surface area contributed by atoms with E-state index in [4.69, 9.17) is 5.11 Å². The largest absolute Gasteiger partial charge is 0.394 e. The third-order valence-electron chi connectivity index (χ3n) is 4.65. The number of aliphatic hydroxyl groups is 2. The van der Waals surface area contributed by atoms with E-state index in [2.05, 4.69) is 25.0 Å². The fourth-order valence-electron chi connectivity index (χ4n) is 3.17. The summed E-state index contributed by atoms with van der Waals surface area (Å²) in [4.78, 5) is 12.5. The molecule has 4 N–H and O–H groups in total. The van der Waals surface area contributed by atoms with E-state index in [1.54, 1.807) is 6.92 Å². The molecule has 2 atom stereocenters. The predicted octanol–water partition coefficient (Wildman–Crippen LogP) is 2.18. The zero-order chi connectivity index (χ0) is 24.1. The number of nitrogens with one attached hydrogen (secondary N) is 2. The summed E-state index contributed by atoms with van der Waals surface area (Å²) in [6.07, 6.45) is 1.70. The van der Waals surface area contributed by atoms with Gasteiger partial charge in [-0.25, -0.2) is 17.2 Å². The quantitative estimate of drug-likeness (QED) is 0.390. The van der Waals surface area contributed by atoms with Crippen LogP contribution in [0.15, 0.2) is 12.1 Å². The van der Waals surface area contributed by atoms with Crippen LogP contribution in [0.2, 0.25) is 0 Å². The van der Waals surface area contributed by atoms with E-state index in [1.807, 2.05) is 13.8 Å². The maximum atomic E-state index is 14.1. The van der Waals surface area contributed by atoms with Crippen molar-refractivity contribution in [2.24, 2.45) is 5.92 Å². The summed E-state index contributed by atoms with van der Waals surface area (Å²) in [5.41, 5.74) is -0.0785. The Kier molecular flexibility index (Phi) is 8.81. The van der Waals surface area contributed by atoms with Gasteiger partial charge in [0.25, 0.3) is 0 Å². The molecule has 1 aromatic carbocycles. The molecule has 1 unspecified atom stereocenters. The normalized spacial score (nSPS) is 13.8. The van der Waals surface area contributed by atoms with E-state index in [0.29, 0.717) is 12.0 Å². The van der Waals surface area contributed by atoms with Crippen molar-refractivity contribution in [3.05, 3.63) is 40.7 Å². The van der Waals surface area contributed by atoms with E-state index < -0.39 is 39.7 Å². The van der Waals surface area contributed by atoms with E-state index in [0.717, 1.165) is 18.4 Å². The maximum Gasteiger partial charge on any atom is 0.241 e. The van der Waals surface area contributed by atoms with Crippen LogP contribution in [0, 0.1) is 17.6 Å². The molecule has 9 nitrogen and oxygen atoms in total. The van der Waals surface area contributed by atoms with Gasteiger partial charge in [-0.1, -0.05) is 20.8 Å². The van der Waals surface area contributed by atoms with Gasteiger partial charge in [0, 0.05) is 12.0 Å². The zero-order valence-electron chi connectivity index (χ0n) is 18.4. The number of anilines is 2. The van der Waals surface area contributed by atoms with E-state index in [-0.39, 0.29) is 42.7 Å². The number of benzene rings is 1. The molecular formula is C20H29F2N5O4S. The van der Waals surface area contributed by atoms with Crippen LogP contribution in [0.25, 0.3) is 0 Å². The van der Waals surface area contributed by atoms with Crippen LogP contribution in [0.3, 0.4) is 0 Å². The highest BCUT2D eigenvalue weighted by molar-refractivity contribution is 7.91. The summed E-state index contributed by atoms with van der Waals surface area (Å²) in [5, 5.41) is 21.7. The van der Waals surface area contributed by atoms with Crippen LogP contribution in [0.5, 0.6) is 0 Å². The number of sulfonamides is 1. The lowest BCUT2D eigenvalue weighted by molar-refractivity contribution is 0.259. The lowest BCUT2D eigenvalue weighted by Crippen LogP contribution is -2.27. The molecule has 0 aliphatic heterocycles. The molecule has 32 heavy (non-hydrogen) atoms. The van der Waals surface area contributed by atoms with Crippen molar-refractivity contribution < 1.29 is 27.4 Å². The number of hydrogen-bond donors (Lipinski definition) is 4. The van der Waals surface area contributed by atoms with Crippen molar-refractivity contribution in [2.45, 2.75) is 52.2 Å². The Morgan fingerprint density at radius 2 is 1.62 bits per heavy atom. The molecule has 0 bridgehead atoms. The standard InChI is InChI=1S/C20H29F2N5O4S/c1-11(2)5-14(9-28)23-19-24-18(25-20(26-19)27-32(4,30)31)6-12(3)13-7-16(21)15(10-29)17(22)8-13/h7-8,11-12,14,28-29H,5-6,9-10H2,1-4H3,(H2,23,24,25,26,27)/t12?,14-/m1/s1. The SMILES string of the molecule is CC(C)C[C@H](CO)Nc1nc(CC(C)c2cc(F)c(CO)c(F)c2)nc(NS(C)(=O)=O)n1. The molecule has 0 spiro atoms. The first-order chi connectivity index (χ1) is 14.9. The molecule has 178 valence electrons. The highest BCUT2D eigenvalue weighted by Crippen LogP contribution is 2.25. The molecule has 0 fully saturated rings. The topological polar surface area (TPSA) is 137 Å². The number of nitrogens with zero attached hydrogens (tertiary/aromatic N) is 3. The molecule has 0 aliphatic rings. The Balaban J connectivity index is 2.35. The highest BCUT2D eigenvalue weighted by Gasteiger charge is 2.19. The van der Waals surface area contributed by atoms with Crippen LogP contribution >= 0.6 is 0 Å². The van der Waals surface area contributed by atoms with Gasteiger partial charge in [-0.15, -0.1) is 0 Å². The average Bonchev–Trinajstić information content (AvgIpc) is 2.65. The molecule has 1 heterocycles. The predicted molar refractivity (Wildman–Crippen MR) is 117 cm³/mol. The van der Waals surface area contributed by atoms with E-state index in [1.165, 1.54) is 0 Å². The lowest BCUT2D eigenvalue weighted by Gasteiger charge is -2.19. The first-order valence-corrected chi connectivity index (χ1v) is 12.0. The number of aliphatic hydroxyl groups excluding tert-OH is 2. The molecule has 2 aromatic rings. The maximum absolute atomic E-state index is 14.1. The molecule has 0 aliphatic carbocycles. The van der Waals surface area contributed by atoms with Gasteiger partial charge < -0.3 is 15.5 Å². The zero-order valence-corrected chi connectivity index (χ0v) is 19.2. The number of aromatic nitrogens is 3. The van der Waals surface area contributed by atoms with Gasteiger partial charge in [-0.2, -0.15) is 15.0 Å². The summed E-state index contributed by atoms with van der Waals surface area (Å²) in [7, 11) is -3.67. The van der Waals surface area contributed by atoms with Crippen molar-refractivity contribution in [2.75, 3.05) is 22.9 Å². The Bertz CT molecular complexity index is 1010. The first-order valence-electron chi connectivity index (χ1n) is 10.1. The highest BCUT2D eigenvalue weighted by atomic mass is 32.2. The van der Waals surface area contributed by atoms with Gasteiger partial charge in [0.2, 0.25) is 21.9 Å². The van der Waals surface area contributed by atoms with Crippen LogP contribution in [-0.2, 0) is 23.1 Å². The van der Waals surface area contributed by atoms with Crippen molar-refractivity contribution in [3.8, 4) is 0 Å². The molecule has 2 rings (SSSR count). The second-order valence-electron chi connectivity index (χ2n) is 8.15. The molecule has 0 amide bonds. The Morgan fingerprint density at radius 1 is 1.03 bits per heavy atom. The van der Waals surface area contributed by atoms with Crippen LogP contribution in [0.1, 0.15) is 50.1 Å². The summed E-state index contributed by atoms with van der Waals surface area (Å²) in [5.74, 6) is -1.81. The van der Waals surface area contributed by atoms with Crippen molar-refractivity contribution in [1.29, 1.82) is 0 Å². The second kappa shape index (κ2) is 10.9. The molecular weight excluding hydrogens is 444 g/mol. The monoisotopic (exact) mass is 473 g/mol. The summed E-state index contributed by atoms with van der Waals surface area (Å²) < 4.78 is 53.6. The summed E-state index contributed by atoms with van der Waals surface area (Å²) >= 11 is 0.